The zero-order valence-corrected chi connectivity index (χ0v) is 12.6. The van der Waals surface area contributed by atoms with Gasteiger partial charge in [0.15, 0.2) is 0 Å². The van der Waals surface area contributed by atoms with Gasteiger partial charge in [0.05, 0.1) is 5.56 Å². The number of amides is 1. The highest BCUT2D eigenvalue weighted by molar-refractivity contribution is 5.95. The molecule has 4 nitrogen and oxygen atoms in total. The molecule has 1 aliphatic heterocycles. The fourth-order valence-corrected chi connectivity index (χ4v) is 2.17. The van der Waals surface area contributed by atoms with E-state index in [-0.39, 0.29) is 30.7 Å². The molecule has 1 atom stereocenters. The Kier molecular flexibility index (Phi) is 8.72. The summed E-state index contributed by atoms with van der Waals surface area (Å²) in [5.74, 6) is 0.701. The van der Waals surface area contributed by atoms with E-state index in [9.17, 15) is 4.79 Å². The molecular formula is C13H21Cl2N3O. The van der Waals surface area contributed by atoms with E-state index in [1.165, 1.54) is 6.42 Å². The van der Waals surface area contributed by atoms with Crippen molar-refractivity contribution in [2.45, 2.75) is 19.8 Å². The summed E-state index contributed by atoms with van der Waals surface area (Å²) in [6.07, 6.45) is 3.98. The Morgan fingerprint density at radius 3 is 2.95 bits per heavy atom. The van der Waals surface area contributed by atoms with Crippen molar-refractivity contribution in [3.05, 3.63) is 29.6 Å². The molecule has 2 heterocycles. The van der Waals surface area contributed by atoms with E-state index in [1.807, 2.05) is 13.0 Å². The Morgan fingerprint density at radius 2 is 2.32 bits per heavy atom. The van der Waals surface area contributed by atoms with E-state index in [0.29, 0.717) is 11.5 Å². The van der Waals surface area contributed by atoms with E-state index < -0.39 is 0 Å². The van der Waals surface area contributed by atoms with E-state index in [1.54, 1.807) is 12.3 Å². The standard InChI is InChI=1S/C13H19N3O.2ClH/c1-10-12(3-2-6-15-10)13(17)16-8-5-11-4-7-14-9-11;;/h2-3,6,11,14H,4-5,7-9H2,1H3,(H,16,17);2*1H. The normalized spacial score (nSPS) is 17.2. The van der Waals surface area contributed by atoms with Crippen LogP contribution in [-0.2, 0) is 0 Å². The van der Waals surface area contributed by atoms with Gasteiger partial charge in [-0.1, -0.05) is 0 Å². The van der Waals surface area contributed by atoms with Gasteiger partial charge in [-0.25, -0.2) is 0 Å². The maximum Gasteiger partial charge on any atom is 0.253 e. The van der Waals surface area contributed by atoms with Gasteiger partial charge in [0.25, 0.3) is 5.91 Å². The minimum absolute atomic E-state index is 0. The molecule has 0 saturated carbocycles. The van der Waals surface area contributed by atoms with Crippen LogP contribution in [0.4, 0.5) is 0 Å². The molecule has 1 saturated heterocycles. The van der Waals surface area contributed by atoms with Crippen LogP contribution in [0.15, 0.2) is 18.3 Å². The van der Waals surface area contributed by atoms with Crippen molar-refractivity contribution in [2.75, 3.05) is 19.6 Å². The minimum Gasteiger partial charge on any atom is -0.352 e. The first kappa shape index (κ1) is 18.2. The summed E-state index contributed by atoms with van der Waals surface area (Å²) in [5.41, 5.74) is 1.46. The van der Waals surface area contributed by atoms with Crippen molar-refractivity contribution in [1.29, 1.82) is 0 Å². The van der Waals surface area contributed by atoms with Crippen molar-refractivity contribution in [3.63, 3.8) is 0 Å². The summed E-state index contributed by atoms with van der Waals surface area (Å²) in [6, 6.07) is 3.61. The Hall–Kier alpha value is -0.840. The molecule has 1 aromatic rings. The molecule has 19 heavy (non-hydrogen) atoms. The quantitative estimate of drug-likeness (QED) is 0.894. The summed E-state index contributed by atoms with van der Waals surface area (Å²) < 4.78 is 0. The number of nitrogens with zero attached hydrogens (tertiary/aromatic N) is 1. The molecule has 0 radical (unpaired) electrons. The Morgan fingerprint density at radius 1 is 1.53 bits per heavy atom. The van der Waals surface area contributed by atoms with Crippen LogP contribution < -0.4 is 10.6 Å². The maximum atomic E-state index is 11.9. The van der Waals surface area contributed by atoms with Crippen molar-refractivity contribution >= 4 is 30.7 Å². The number of rotatable bonds is 4. The van der Waals surface area contributed by atoms with Crippen molar-refractivity contribution in [1.82, 2.24) is 15.6 Å². The lowest BCUT2D eigenvalue weighted by Crippen LogP contribution is -2.27. The number of nitrogens with one attached hydrogen (secondary N) is 2. The maximum absolute atomic E-state index is 11.9. The van der Waals surface area contributed by atoms with E-state index >= 15 is 0 Å². The van der Waals surface area contributed by atoms with Crippen LogP contribution in [0.25, 0.3) is 0 Å². The molecule has 0 bridgehead atoms. The van der Waals surface area contributed by atoms with E-state index in [2.05, 4.69) is 15.6 Å². The summed E-state index contributed by atoms with van der Waals surface area (Å²) in [5, 5.41) is 6.29. The third-order valence-electron chi connectivity index (χ3n) is 3.25. The van der Waals surface area contributed by atoms with Gasteiger partial charge in [-0.3, -0.25) is 9.78 Å². The van der Waals surface area contributed by atoms with Crippen molar-refractivity contribution in [2.24, 2.45) is 5.92 Å². The number of hydrogen-bond acceptors (Lipinski definition) is 3. The summed E-state index contributed by atoms with van der Waals surface area (Å²) >= 11 is 0. The highest BCUT2D eigenvalue weighted by atomic mass is 35.5. The molecule has 0 spiro atoms. The Bertz CT molecular complexity index is 395. The van der Waals surface area contributed by atoms with Crippen LogP contribution in [-0.4, -0.2) is 30.5 Å². The Labute approximate surface area is 126 Å². The summed E-state index contributed by atoms with van der Waals surface area (Å²) in [6.45, 7) is 4.80. The van der Waals surface area contributed by atoms with Gasteiger partial charge in [0, 0.05) is 18.4 Å². The summed E-state index contributed by atoms with van der Waals surface area (Å²) in [7, 11) is 0. The predicted molar refractivity (Wildman–Crippen MR) is 81.4 cm³/mol. The number of carbonyl (C=O) groups is 1. The zero-order valence-electron chi connectivity index (χ0n) is 11.0. The van der Waals surface area contributed by atoms with Crippen LogP contribution in [0.1, 0.15) is 28.9 Å². The van der Waals surface area contributed by atoms with Gasteiger partial charge < -0.3 is 10.6 Å². The number of aryl methyl sites for hydroxylation is 1. The first-order valence-corrected chi connectivity index (χ1v) is 6.18. The van der Waals surface area contributed by atoms with Gasteiger partial charge in [0.1, 0.15) is 0 Å². The van der Waals surface area contributed by atoms with Crippen LogP contribution in [0.2, 0.25) is 0 Å². The molecular weight excluding hydrogens is 285 g/mol. The highest BCUT2D eigenvalue weighted by Crippen LogP contribution is 2.11. The predicted octanol–water partition coefficient (Wildman–Crippen LogP) is 1.96. The topological polar surface area (TPSA) is 54.0 Å². The smallest absolute Gasteiger partial charge is 0.253 e. The van der Waals surface area contributed by atoms with Gasteiger partial charge in [-0.15, -0.1) is 24.8 Å². The monoisotopic (exact) mass is 305 g/mol. The first-order chi connectivity index (χ1) is 8.27. The van der Waals surface area contributed by atoms with Gasteiger partial charge >= 0.3 is 0 Å². The molecule has 1 aliphatic rings. The molecule has 2 N–H and O–H groups in total. The van der Waals surface area contributed by atoms with Crippen molar-refractivity contribution in [3.8, 4) is 0 Å². The van der Waals surface area contributed by atoms with Gasteiger partial charge in [0.2, 0.25) is 0 Å². The number of pyridine rings is 1. The molecule has 1 aromatic heterocycles. The average molecular weight is 306 g/mol. The lowest BCUT2D eigenvalue weighted by molar-refractivity contribution is 0.0950. The molecule has 108 valence electrons. The van der Waals surface area contributed by atoms with Crippen LogP contribution in [0.3, 0.4) is 0 Å². The number of hydrogen-bond donors (Lipinski definition) is 2. The van der Waals surface area contributed by atoms with Crippen molar-refractivity contribution < 1.29 is 4.79 Å². The van der Waals surface area contributed by atoms with Gasteiger partial charge in [-0.2, -0.15) is 0 Å². The second-order valence-corrected chi connectivity index (χ2v) is 4.54. The fraction of sp³-hybridized carbons (Fsp3) is 0.538. The highest BCUT2D eigenvalue weighted by Gasteiger charge is 2.14. The van der Waals surface area contributed by atoms with E-state index in [4.69, 9.17) is 0 Å². The third-order valence-corrected chi connectivity index (χ3v) is 3.25. The van der Waals surface area contributed by atoms with Gasteiger partial charge in [-0.05, 0) is 50.9 Å². The molecule has 1 amide bonds. The lowest BCUT2D eigenvalue weighted by atomic mass is 10.1. The molecule has 6 heteroatoms. The number of aromatic nitrogens is 1. The van der Waals surface area contributed by atoms with Crippen LogP contribution >= 0.6 is 24.8 Å². The second kappa shape index (κ2) is 9.13. The number of halogens is 2. The SMILES string of the molecule is Cc1ncccc1C(=O)NCCC1CCNC1.Cl.Cl. The fourth-order valence-electron chi connectivity index (χ4n) is 2.17. The van der Waals surface area contributed by atoms with Crippen LogP contribution in [0, 0.1) is 12.8 Å². The third kappa shape index (κ3) is 5.35. The number of carbonyl (C=O) groups excluding carboxylic acids is 1. The first-order valence-electron chi connectivity index (χ1n) is 6.18. The average Bonchev–Trinajstić information content (AvgIpc) is 2.82. The molecule has 1 fully saturated rings. The molecule has 2 rings (SSSR count). The van der Waals surface area contributed by atoms with Crippen LogP contribution in [0.5, 0.6) is 0 Å². The summed E-state index contributed by atoms with van der Waals surface area (Å²) in [4.78, 5) is 16.0. The van der Waals surface area contributed by atoms with E-state index in [0.717, 1.165) is 31.7 Å². The lowest BCUT2D eigenvalue weighted by Gasteiger charge is -2.10. The molecule has 1 unspecified atom stereocenters. The Balaban J connectivity index is 0.00000162. The largest absolute Gasteiger partial charge is 0.352 e. The molecule has 0 aliphatic carbocycles. The zero-order chi connectivity index (χ0) is 12.1. The second-order valence-electron chi connectivity index (χ2n) is 4.54. The minimum atomic E-state index is -0.0124. The molecule has 0 aromatic carbocycles.